The van der Waals surface area contributed by atoms with Crippen molar-refractivity contribution in [2.45, 2.75) is 32.4 Å². The molecule has 0 aromatic heterocycles. The Kier molecular flexibility index (Phi) is 5.82. The molecule has 0 radical (unpaired) electrons. The second-order valence-corrected chi connectivity index (χ2v) is 6.39. The molecule has 0 amide bonds. The number of hydrogen-bond donors (Lipinski definition) is 1. The Morgan fingerprint density at radius 2 is 1.76 bits per heavy atom. The maximum absolute atomic E-state index is 5.68. The minimum absolute atomic E-state index is 0.378. The largest absolute Gasteiger partial charge is 0.497 e. The lowest BCUT2D eigenvalue weighted by Gasteiger charge is -2.20. The fraction of sp³-hybridized carbons (Fsp3) is 0.429. The number of methoxy groups -OCH3 is 2. The molecule has 1 atom stereocenters. The van der Waals surface area contributed by atoms with E-state index in [1.165, 1.54) is 24.0 Å². The molecule has 0 saturated heterocycles. The third kappa shape index (κ3) is 4.45. The van der Waals surface area contributed by atoms with Crippen LogP contribution in [0, 0.1) is 5.92 Å². The predicted octanol–water partition coefficient (Wildman–Crippen LogP) is 4.34. The summed E-state index contributed by atoms with van der Waals surface area (Å²) in [6.45, 7) is 3.41. The zero-order valence-corrected chi connectivity index (χ0v) is 15.2. The van der Waals surface area contributed by atoms with Crippen LogP contribution in [0.15, 0.2) is 42.5 Å². The van der Waals surface area contributed by atoms with Crippen LogP contribution in [0.3, 0.4) is 0 Å². The summed E-state index contributed by atoms with van der Waals surface area (Å²) in [5, 5.41) is 3.72. The third-order valence-corrected chi connectivity index (χ3v) is 4.62. The summed E-state index contributed by atoms with van der Waals surface area (Å²) in [6.07, 6.45) is 2.58. The highest BCUT2D eigenvalue weighted by Gasteiger charge is 2.31. The topological polar surface area (TPSA) is 39.7 Å². The third-order valence-electron chi connectivity index (χ3n) is 4.62. The van der Waals surface area contributed by atoms with Gasteiger partial charge in [-0.25, -0.2) is 0 Å². The van der Waals surface area contributed by atoms with Crippen molar-refractivity contribution in [1.82, 2.24) is 5.32 Å². The van der Waals surface area contributed by atoms with Gasteiger partial charge in [0.25, 0.3) is 0 Å². The minimum atomic E-state index is 0.378. The molecule has 25 heavy (non-hydrogen) atoms. The smallest absolute Gasteiger partial charge is 0.161 e. The Morgan fingerprint density at radius 1 is 1.00 bits per heavy atom. The molecule has 0 spiro atoms. The van der Waals surface area contributed by atoms with Crippen LogP contribution in [0.1, 0.15) is 36.9 Å². The Bertz CT molecular complexity index is 680. The summed E-state index contributed by atoms with van der Waals surface area (Å²) in [6, 6.07) is 14.9. The van der Waals surface area contributed by atoms with E-state index in [0.717, 1.165) is 29.7 Å². The van der Waals surface area contributed by atoms with E-state index in [9.17, 15) is 0 Å². The van der Waals surface area contributed by atoms with Gasteiger partial charge in [0, 0.05) is 12.6 Å². The van der Waals surface area contributed by atoms with E-state index >= 15 is 0 Å². The number of nitrogens with one attached hydrogen (secondary N) is 1. The highest BCUT2D eigenvalue weighted by Crippen LogP contribution is 2.41. The minimum Gasteiger partial charge on any atom is -0.497 e. The molecular formula is C21H27NO3. The first kappa shape index (κ1) is 17.6. The van der Waals surface area contributed by atoms with Crippen LogP contribution in [-0.2, 0) is 6.54 Å². The van der Waals surface area contributed by atoms with E-state index in [1.807, 2.05) is 25.1 Å². The van der Waals surface area contributed by atoms with Gasteiger partial charge in [0.1, 0.15) is 5.75 Å². The van der Waals surface area contributed by atoms with Gasteiger partial charge in [-0.1, -0.05) is 18.2 Å². The molecule has 1 aliphatic rings. The highest BCUT2D eigenvalue weighted by molar-refractivity contribution is 5.43. The molecule has 2 aromatic carbocycles. The number of ether oxygens (including phenoxy) is 3. The van der Waals surface area contributed by atoms with Gasteiger partial charge in [0.05, 0.1) is 20.8 Å². The summed E-state index contributed by atoms with van der Waals surface area (Å²) in [5.41, 5.74) is 2.52. The molecule has 1 saturated carbocycles. The quantitative estimate of drug-likeness (QED) is 0.736. The van der Waals surface area contributed by atoms with Crippen LogP contribution in [0.25, 0.3) is 0 Å². The molecule has 1 N–H and O–H groups in total. The van der Waals surface area contributed by atoms with E-state index < -0.39 is 0 Å². The van der Waals surface area contributed by atoms with Crippen LogP contribution in [0.5, 0.6) is 17.2 Å². The Hall–Kier alpha value is -2.20. The summed E-state index contributed by atoms with van der Waals surface area (Å²) in [5.74, 6) is 3.20. The Morgan fingerprint density at radius 3 is 2.36 bits per heavy atom. The first-order chi connectivity index (χ1) is 12.2. The zero-order chi connectivity index (χ0) is 17.6. The molecule has 1 unspecified atom stereocenters. The molecule has 1 fully saturated rings. The summed E-state index contributed by atoms with van der Waals surface area (Å²) < 4.78 is 16.3. The first-order valence-electron chi connectivity index (χ1n) is 8.92. The molecule has 0 aliphatic heterocycles. The molecule has 0 bridgehead atoms. The number of rotatable bonds is 9. The van der Waals surface area contributed by atoms with Crippen LogP contribution in [-0.4, -0.2) is 20.8 Å². The van der Waals surface area contributed by atoms with Crippen molar-refractivity contribution in [2.24, 2.45) is 5.92 Å². The van der Waals surface area contributed by atoms with Crippen molar-refractivity contribution < 1.29 is 14.2 Å². The average Bonchev–Trinajstić information content (AvgIpc) is 3.48. The second-order valence-electron chi connectivity index (χ2n) is 6.39. The molecule has 3 rings (SSSR count). The molecular weight excluding hydrogens is 314 g/mol. The second kappa shape index (κ2) is 8.26. The molecule has 4 nitrogen and oxygen atoms in total. The Balaban J connectivity index is 1.70. The Labute approximate surface area is 150 Å². The number of benzene rings is 2. The van der Waals surface area contributed by atoms with E-state index in [1.54, 1.807) is 14.2 Å². The number of hydrogen-bond acceptors (Lipinski definition) is 4. The SMILES string of the molecule is CCOc1cc(CNC(c2ccc(OC)cc2)C2CC2)ccc1OC. The van der Waals surface area contributed by atoms with E-state index in [0.29, 0.717) is 12.6 Å². The van der Waals surface area contributed by atoms with Gasteiger partial charge in [0.15, 0.2) is 11.5 Å². The van der Waals surface area contributed by atoms with Crippen molar-refractivity contribution >= 4 is 0 Å². The van der Waals surface area contributed by atoms with Crippen molar-refractivity contribution in [3.8, 4) is 17.2 Å². The van der Waals surface area contributed by atoms with Gasteiger partial charge in [0.2, 0.25) is 0 Å². The van der Waals surface area contributed by atoms with Crippen molar-refractivity contribution in [3.63, 3.8) is 0 Å². The van der Waals surface area contributed by atoms with E-state index in [2.05, 4.69) is 29.6 Å². The summed E-state index contributed by atoms with van der Waals surface area (Å²) >= 11 is 0. The monoisotopic (exact) mass is 341 g/mol. The lowest BCUT2D eigenvalue weighted by Crippen LogP contribution is -2.22. The van der Waals surface area contributed by atoms with Gasteiger partial charge in [-0.05, 0) is 61.1 Å². The lowest BCUT2D eigenvalue weighted by molar-refractivity contribution is 0.310. The first-order valence-corrected chi connectivity index (χ1v) is 8.92. The van der Waals surface area contributed by atoms with Gasteiger partial charge >= 0.3 is 0 Å². The van der Waals surface area contributed by atoms with Crippen LogP contribution >= 0.6 is 0 Å². The average molecular weight is 341 g/mol. The van der Waals surface area contributed by atoms with Gasteiger partial charge in [-0.2, -0.15) is 0 Å². The molecule has 134 valence electrons. The van der Waals surface area contributed by atoms with Gasteiger partial charge < -0.3 is 19.5 Å². The van der Waals surface area contributed by atoms with Crippen LogP contribution < -0.4 is 19.5 Å². The van der Waals surface area contributed by atoms with Crippen LogP contribution in [0.4, 0.5) is 0 Å². The molecule has 0 heterocycles. The zero-order valence-electron chi connectivity index (χ0n) is 15.2. The molecule has 1 aliphatic carbocycles. The van der Waals surface area contributed by atoms with E-state index in [-0.39, 0.29) is 0 Å². The van der Waals surface area contributed by atoms with Crippen molar-refractivity contribution in [3.05, 3.63) is 53.6 Å². The maximum atomic E-state index is 5.68. The summed E-state index contributed by atoms with van der Waals surface area (Å²) in [4.78, 5) is 0. The highest BCUT2D eigenvalue weighted by atomic mass is 16.5. The standard InChI is InChI=1S/C21H27NO3/c1-4-25-20-13-15(5-12-19(20)24-3)14-22-21(16-6-7-16)17-8-10-18(23-2)11-9-17/h5,8-13,16,21-22H,4,6-7,14H2,1-3H3. The normalized spacial score (nSPS) is 14.8. The molecule has 4 heteroatoms. The van der Waals surface area contributed by atoms with E-state index in [4.69, 9.17) is 14.2 Å². The van der Waals surface area contributed by atoms with Gasteiger partial charge in [-0.15, -0.1) is 0 Å². The maximum Gasteiger partial charge on any atom is 0.161 e. The molecule has 2 aromatic rings. The lowest BCUT2D eigenvalue weighted by atomic mass is 10.0. The van der Waals surface area contributed by atoms with Crippen molar-refractivity contribution in [1.29, 1.82) is 0 Å². The van der Waals surface area contributed by atoms with Crippen LogP contribution in [0.2, 0.25) is 0 Å². The summed E-state index contributed by atoms with van der Waals surface area (Å²) in [7, 11) is 3.37. The predicted molar refractivity (Wildman–Crippen MR) is 99.5 cm³/mol. The fourth-order valence-corrected chi connectivity index (χ4v) is 3.12. The fourth-order valence-electron chi connectivity index (χ4n) is 3.12. The van der Waals surface area contributed by atoms with Gasteiger partial charge in [-0.3, -0.25) is 0 Å². The van der Waals surface area contributed by atoms with Crippen molar-refractivity contribution in [2.75, 3.05) is 20.8 Å².